The molecule has 100 valence electrons. The Morgan fingerprint density at radius 1 is 1.28 bits per heavy atom. The molecule has 0 aliphatic carbocycles. The van der Waals surface area contributed by atoms with Crippen molar-refractivity contribution in [2.75, 3.05) is 18.4 Å². The van der Waals surface area contributed by atoms with Gasteiger partial charge in [0.1, 0.15) is 0 Å². The lowest BCUT2D eigenvalue weighted by Crippen LogP contribution is -2.38. The molecule has 0 saturated carbocycles. The highest BCUT2D eigenvalue weighted by molar-refractivity contribution is 5.28. The molecule has 1 aromatic heterocycles. The van der Waals surface area contributed by atoms with Crippen molar-refractivity contribution < 1.29 is 0 Å². The maximum absolute atomic E-state index is 4.46. The number of hydrogen-bond donors (Lipinski definition) is 1. The Morgan fingerprint density at radius 3 is 3.00 bits per heavy atom. The molecule has 1 N–H and O–H groups in total. The molecular weight excluding hydrogens is 224 g/mol. The van der Waals surface area contributed by atoms with E-state index in [1.807, 2.05) is 6.20 Å². The smallest absolute Gasteiger partial charge is 0.203 e. The Balaban J connectivity index is 1.72. The number of imidazole rings is 1. The van der Waals surface area contributed by atoms with Crippen LogP contribution in [0.4, 0.5) is 5.95 Å². The summed E-state index contributed by atoms with van der Waals surface area (Å²) < 4.78 is 2.36. The quantitative estimate of drug-likeness (QED) is 0.892. The molecule has 2 aliphatic rings. The molecule has 2 saturated heterocycles. The van der Waals surface area contributed by atoms with E-state index >= 15 is 0 Å². The van der Waals surface area contributed by atoms with E-state index in [2.05, 4.69) is 39.8 Å². The molecular formula is C14H24N4. The van der Waals surface area contributed by atoms with Gasteiger partial charge < -0.3 is 14.8 Å². The Hall–Kier alpha value is -1.03. The Labute approximate surface area is 109 Å². The molecule has 2 aliphatic heterocycles. The minimum Gasteiger partial charge on any atom is -0.353 e. The summed E-state index contributed by atoms with van der Waals surface area (Å²) in [6.45, 7) is 6.91. The Bertz CT molecular complexity index is 398. The Morgan fingerprint density at radius 2 is 2.17 bits per heavy atom. The molecule has 2 atom stereocenters. The maximum atomic E-state index is 4.46. The van der Waals surface area contributed by atoms with Crippen molar-refractivity contribution in [2.24, 2.45) is 0 Å². The highest BCUT2D eigenvalue weighted by Crippen LogP contribution is 2.34. The van der Waals surface area contributed by atoms with Crippen LogP contribution in [0.5, 0.6) is 0 Å². The number of piperidine rings is 1. The van der Waals surface area contributed by atoms with Crippen molar-refractivity contribution in [1.82, 2.24) is 14.5 Å². The van der Waals surface area contributed by atoms with E-state index in [1.54, 1.807) is 0 Å². The van der Waals surface area contributed by atoms with Gasteiger partial charge >= 0.3 is 0 Å². The highest BCUT2D eigenvalue weighted by atomic mass is 15.2. The average Bonchev–Trinajstić information content (AvgIpc) is 2.95. The average molecular weight is 248 g/mol. The molecule has 4 nitrogen and oxygen atoms in total. The van der Waals surface area contributed by atoms with Crippen molar-refractivity contribution in [3.05, 3.63) is 12.4 Å². The van der Waals surface area contributed by atoms with Crippen LogP contribution in [0.2, 0.25) is 0 Å². The van der Waals surface area contributed by atoms with Gasteiger partial charge in [-0.25, -0.2) is 4.98 Å². The largest absolute Gasteiger partial charge is 0.353 e. The molecule has 4 heteroatoms. The van der Waals surface area contributed by atoms with Crippen LogP contribution >= 0.6 is 0 Å². The summed E-state index contributed by atoms with van der Waals surface area (Å²) in [5.74, 6) is 1.04. The van der Waals surface area contributed by atoms with E-state index in [0.717, 1.165) is 12.0 Å². The second kappa shape index (κ2) is 4.92. The normalized spacial score (nSPS) is 28.6. The van der Waals surface area contributed by atoms with Crippen LogP contribution in [-0.2, 0) is 0 Å². The van der Waals surface area contributed by atoms with Crippen molar-refractivity contribution >= 4 is 5.95 Å². The number of nitrogens with one attached hydrogen (secondary N) is 1. The summed E-state index contributed by atoms with van der Waals surface area (Å²) in [6, 6.07) is 1.89. The van der Waals surface area contributed by atoms with Crippen molar-refractivity contribution in [1.29, 1.82) is 0 Å². The topological polar surface area (TPSA) is 33.1 Å². The van der Waals surface area contributed by atoms with E-state index in [9.17, 15) is 0 Å². The van der Waals surface area contributed by atoms with Crippen LogP contribution in [0.1, 0.15) is 45.6 Å². The van der Waals surface area contributed by atoms with Crippen LogP contribution in [-0.4, -0.2) is 39.6 Å². The molecule has 0 amide bonds. The lowest BCUT2D eigenvalue weighted by Gasteiger charge is -2.36. The van der Waals surface area contributed by atoms with Gasteiger partial charge in [0.25, 0.3) is 0 Å². The van der Waals surface area contributed by atoms with E-state index in [1.165, 1.54) is 38.8 Å². The first-order chi connectivity index (χ1) is 8.74. The van der Waals surface area contributed by atoms with Gasteiger partial charge in [0.2, 0.25) is 5.95 Å². The fourth-order valence-corrected chi connectivity index (χ4v) is 3.43. The first-order valence-corrected chi connectivity index (χ1v) is 7.27. The van der Waals surface area contributed by atoms with Gasteiger partial charge in [-0.1, -0.05) is 0 Å². The summed E-state index contributed by atoms with van der Waals surface area (Å²) in [4.78, 5) is 7.12. The van der Waals surface area contributed by atoms with Gasteiger partial charge in [0.05, 0.1) is 0 Å². The van der Waals surface area contributed by atoms with Gasteiger partial charge in [-0.3, -0.25) is 0 Å². The van der Waals surface area contributed by atoms with Crippen LogP contribution in [0, 0.1) is 0 Å². The van der Waals surface area contributed by atoms with Gasteiger partial charge in [-0.2, -0.15) is 0 Å². The van der Waals surface area contributed by atoms with E-state index in [-0.39, 0.29) is 0 Å². The SMILES string of the molecule is CC(C)Nc1nccn1C1CCN2CCCC2C1. The van der Waals surface area contributed by atoms with E-state index in [4.69, 9.17) is 0 Å². The summed E-state index contributed by atoms with van der Waals surface area (Å²) in [5, 5.41) is 3.45. The molecule has 2 unspecified atom stereocenters. The molecule has 0 bridgehead atoms. The number of anilines is 1. The van der Waals surface area contributed by atoms with Crippen molar-refractivity contribution in [2.45, 2.75) is 57.7 Å². The van der Waals surface area contributed by atoms with Crippen molar-refractivity contribution in [3.8, 4) is 0 Å². The van der Waals surface area contributed by atoms with Crippen LogP contribution in [0.15, 0.2) is 12.4 Å². The third kappa shape index (κ3) is 2.26. The molecule has 0 aromatic carbocycles. The number of rotatable bonds is 3. The number of hydrogen-bond acceptors (Lipinski definition) is 3. The lowest BCUT2D eigenvalue weighted by molar-refractivity contribution is 0.156. The van der Waals surface area contributed by atoms with Gasteiger partial charge in [0, 0.05) is 37.1 Å². The predicted molar refractivity (Wildman–Crippen MR) is 73.9 cm³/mol. The lowest BCUT2D eigenvalue weighted by atomic mass is 9.97. The van der Waals surface area contributed by atoms with Gasteiger partial charge in [0.15, 0.2) is 0 Å². The second-order valence-electron chi connectivity index (χ2n) is 5.97. The molecule has 3 heterocycles. The monoisotopic (exact) mass is 248 g/mol. The third-order valence-corrected chi connectivity index (χ3v) is 4.27. The fourth-order valence-electron chi connectivity index (χ4n) is 3.43. The molecule has 3 rings (SSSR count). The number of nitrogens with zero attached hydrogens (tertiary/aromatic N) is 3. The summed E-state index contributed by atoms with van der Waals surface area (Å²) in [5.41, 5.74) is 0. The predicted octanol–water partition coefficient (Wildman–Crippen LogP) is 2.50. The van der Waals surface area contributed by atoms with E-state index < -0.39 is 0 Å². The molecule has 2 fully saturated rings. The fraction of sp³-hybridized carbons (Fsp3) is 0.786. The van der Waals surface area contributed by atoms with Crippen LogP contribution < -0.4 is 5.32 Å². The molecule has 0 spiro atoms. The zero-order valence-corrected chi connectivity index (χ0v) is 11.5. The summed E-state index contributed by atoms with van der Waals surface area (Å²) in [6.07, 6.45) is 9.39. The zero-order chi connectivity index (χ0) is 12.5. The zero-order valence-electron chi connectivity index (χ0n) is 11.5. The number of aromatic nitrogens is 2. The van der Waals surface area contributed by atoms with Gasteiger partial charge in [-0.15, -0.1) is 0 Å². The minimum atomic E-state index is 0.442. The standard InChI is InChI=1S/C14H24N4/c1-11(2)16-14-15-6-9-18(14)13-5-8-17-7-3-4-12(17)10-13/h6,9,11-13H,3-5,7-8,10H2,1-2H3,(H,15,16). The molecule has 0 radical (unpaired) electrons. The molecule has 18 heavy (non-hydrogen) atoms. The minimum absolute atomic E-state index is 0.442. The third-order valence-electron chi connectivity index (χ3n) is 4.27. The maximum Gasteiger partial charge on any atom is 0.203 e. The number of fused-ring (bicyclic) bond motifs is 1. The second-order valence-corrected chi connectivity index (χ2v) is 5.97. The first kappa shape index (κ1) is 12.0. The van der Waals surface area contributed by atoms with Crippen LogP contribution in [0.25, 0.3) is 0 Å². The van der Waals surface area contributed by atoms with Gasteiger partial charge in [-0.05, 0) is 46.1 Å². The Kier molecular flexibility index (Phi) is 3.29. The molecule has 1 aromatic rings. The first-order valence-electron chi connectivity index (χ1n) is 7.27. The highest BCUT2D eigenvalue weighted by Gasteiger charge is 2.32. The summed E-state index contributed by atoms with van der Waals surface area (Å²) >= 11 is 0. The summed E-state index contributed by atoms with van der Waals surface area (Å²) in [7, 11) is 0. The van der Waals surface area contributed by atoms with Crippen LogP contribution in [0.3, 0.4) is 0 Å². The van der Waals surface area contributed by atoms with Crippen molar-refractivity contribution in [3.63, 3.8) is 0 Å². The van der Waals surface area contributed by atoms with E-state index in [0.29, 0.717) is 12.1 Å².